The third-order valence-corrected chi connectivity index (χ3v) is 1.71. The smallest absolute Gasteiger partial charge is 0.219 e. The SMILES string of the molecule is CCN(C(C)=O)C(C)CC=O. The molecule has 0 spiro atoms. The van der Waals surface area contributed by atoms with Gasteiger partial charge in [0.25, 0.3) is 0 Å². The van der Waals surface area contributed by atoms with Crippen molar-refractivity contribution < 1.29 is 9.59 Å². The second-order valence-corrected chi connectivity index (χ2v) is 2.56. The maximum absolute atomic E-state index is 10.9. The molecule has 3 nitrogen and oxygen atoms in total. The summed E-state index contributed by atoms with van der Waals surface area (Å²) in [5.41, 5.74) is 0. The highest BCUT2D eigenvalue weighted by atomic mass is 16.2. The molecular formula is C8H15NO2. The molecule has 0 saturated heterocycles. The van der Waals surface area contributed by atoms with Crippen molar-refractivity contribution in [2.24, 2.45) is 0 Å². The molecular weight excluding hydrogens is 142 g/mol. The summed E-state index contributed by atoms with van der Waals surface area (Å²) in [4.78, 5) is 22.7. The molecule has 0 aromatic rings. The molecule has 0 aliphatic carbocycles. The van der Waals surface area contributed by atoms with Crippen molar-refractivity contribution >= 4 is 12.2 Å². The first kappa shape index (κ1) is 10.1. The van der Waals surface area contributed by atoms with E-state index in [4.69, 9.17) is 0 Å². The molecule has 1 unspecified atom stereocenters. The average molecular weight is 157 g/mol. The maximum atomic E-state index is 10.9. The fraction of sp³-hybridized carbons (Fsp3) is 0.750. The van der Waals surface area contributed by atoms with Crippen LogP contribution in [0.4, 0.5) is 0 Å². The number of hydrogen-bond acceptors (Lipinski definition) is 2. The van der Waals surface area contributed by atoms with Crippen molar-refractivity contribution in [1.29, 1.82) is 0 Å². The van der Waals surface area contributed by atoms with Crippen LogP contribution in [0, 0.1) is 0 Å². The number of nitrogens with zero attached hydrogens (tertiary/aromatic N) is 1. The van der Waals surface area contributed by atoms with Gasteiger partial charge in [-0.2, -0.15) is 0 Å². The van der Waals surface area contributed by atoms with Crippen LogP contribution in [0.3, 0.4) is 0 Å². The lowest BCUT2D eigenvalue weighted by Gasteiger charge is -2.24. The summed E-state index contributed by atoms with van der Waals surface area (Å²) < 4.78 is 0. The van der Waals surface area contributed by atoms with Gasteiger partial charge in [-0.1, -0.05) is 0 Å². The Morgan fingerprint density at radius 3 is 2.45 bits per heavy atom. The molecule has 0 fully saturated rings. The maximum Gasteiger partial charge on any atom is 0.219 e. The monoisotopic (exact) mass is 157 g/mol. The summed E-state index contributed by atoms with van der Waals surface area (Å²) in [7, 11) is 0. The molecule has 0 N–H and O–H groups in total. The fourth-order valence-corrected chi connectivity index (χ4v) is 1.11. The number of carbonyl (C=O) groups is 2. The van der Waals surface area contributed by atoms with Crippen LogP contribution in [0.25, 0.3) is 0 Å². The van der Waals surface area contributed by atoms with Gasteiger partial charge in [-0.15, -0.1) is 0 Å². The zero-order valence-electron chi connectivity index (χ0n) is 7.33. The van der Waals surface area contributed by atoms with Crippen LogP contribution >= 0.6 is 0 Å². The van der Waals surface area contributed by atoms with E-state index in [0.29, 0.717) is 13.0 Å². The van der Waals surface area contributed by atoms with Gasteiger partial charge in [0.15, 0.2) is 0 Å². The van der Waals surface area contributed by atoms with Gasteiger partial charge in [-0.05, 0) is 13.8 Å². The molecule has 1 atom stereocenters. The highest BCUT2D eigenvalue weighted by Gasteiger charge is 2.13. The quantitative estimate of drug-likeness (QED) is 0.567. The Hall–Kier alpha value is -0.860. The molecule has 0 aromatic heterocycles. The third kappa shape index (κ3) is 3.16. The van der Waals surface area contributed by atoms with Crippen molar-refractivity contribution in [3.8, 4) is 0 Å². The van der Waals surface area contributed by atoms with E-state index in [1.807, 2.05) is 13.8 Å². The van der Waals surface area contributed by atoms with Crippen LogP contribution in [0.15, 0.2) is 0 Å². The van der Waals surface area contributed by atoms with Crippen LogP contribution in [0.1, 0.15) is 27.2 Å². The van der Waals surface area contributed by atoms with Gasteiger partial charge >= 0.3 is 0 Å². The predicted molar refractivity (Wildman–Crippen MR) is 43.2 cm³/mol. The van der Waals surface area contributed by atoms with Crippen LogP contribution in [0.2, 0.25) is 0 Å². The Morgan fingerprint density at radius 2 is 2.18 bits per heavy atom. The molecule has 0 saturated carbocycles. The van der Waals surface area contributed by atoms with Crippen molar-refractivity contribution in [1.82, 2.24) is 4.90 Å². The van der Waals surface area contributed by atoms with Crippen LogP contribution < -0.4 is 0 Å². The van der Waals surface area contributed by atoms with Gasteiger partial charge in [0.05, 0.1) is 0 Å². The van der Waals surface area contributed by atoms with E-state index in [9.17, 15) is 9.59 Å². The molecule has 0 aliphatic heterocycles. The number of amides is 1. The van der Waals surface area contributed by atoms with Crippen molar-refractivity contribution in [3.05, 3.63) is 0 Å². The van der Waals surface area contributed by atoms with Gasteiger partial charge in [-0.3, -0.25) is 4.79 Å². The lowest BCUT2D eigenvalue weighted by atomic mass is 10.2. The van der Waals surface area contributed by atoms with E-state index >= 15 is 0 Å². The molecule has 1 amide bonds. The first-order valence-electron chi connectivity index (χ1n) is 3.84. The van der Waals surface area contributed by atoms with E-state index in [1.165, 1.54) is 6.92 Å². The molecule has 11 heavy (non-hydrogen) atoms. The Balaban J connectivity index is 4.01. The normalized spacial score (nSPS) is 12.3. The Kier molecular flexibility index (Phi) is 4.50. The third-order valence-electron chi connectivity index (χ3n) is 1.71. The van der Waals surface area contributed by atoms with Gasteiger partial charge in [0, 0.05) is 25.9 Å². The van der Waals surface area contributed by atoms with Gasteiger partial charge < -0.3 is 9.69 Å². The standard InChI is InChI=1S/C8H15NO2/c1-4-9(8(3)11)7(2)5-6-10/h6-7H,4-5H2,1-3H3. The summed E-state index contributed by atoms with van der Waals surface area (Å²) >= 11 is 0. The Bertz CT molecular complexity index is 145. The highest BCUT2D eigenvalue weighted by Crippen LogP contribution is 2.01. The topological polar surface area (TPSA) is 37.4 Å². The lowest BCUT2D eigenvalue weighted by Crippen LogP contribution is -2.36. The minimum atomic E-state index is 0.0295. The zero-order valence-corrected chi connectivity index (χ0v) is 7.33. The van der Waals surface area contributed by atoms with Crippen molar-refractivity contribution in [3.63, 3.8) is 0 Å². The molecule has 3 heteroatoms. The Labute approximate surface area is 67.4 Å². The molecule has 0 aromatic carbocycles. The van der Waals surface area contributed by atoms with Crippen LogP contribution in [0.5, 0.6) is 0 Å². The summed E-state index contributed by atoms with van der Waals surface area (Å²) in [6, 6.07) is 0.0370. The van der Waals surface area contributed by atoms with Gasteiger partial charge in [0.1, 0.15) is 6.29 Å². The fourth-order valence-electron chi connectivity index (χ4n) is 1.11. The van der Waals surface area contributed by atoms with E-state index in [0.717, 1.165) is 6.29 Å². The van der Waals surface area contributed by atoms with E-state index < -0.39 is 0 Å². The first-order chi connectivity index (χ1) is 5.13. The largest absolute Gasteiger partial charge is 0.340 e. The van der Waals surface area contributed by atoms with E-state index in [2.05, 4.69) is 0 Å². The summed E-state index contributed by atoms with van der Waals surface area (Å²) in [5, 5.41) is 0. The summed E-state index contributed by atoms with van der Waals surface area (Å²) in [5.74, 6) is 0.0295. The summed E-state index contributed by atoms with van der Waals surface area (Å²) in [6.07, 6.45) is 1.27. The molecule has 0 aliphatic rings. The Morgan fingerprint density at radius 1 is 1.64 bits per heavy atom. The molecule has 0 rings (SSSR count). The minimum Gasteiger partial charge on any atom is -0.340 e. The van der Waals surface area contributed by atoms with Crippen LogP contribution in [-0.2, 0) is 9.59 Å². The van der Waals surface area contributed by atoms with E-state index in [-0.39, 0.29) is 11.9 Å². The second-order valence-electron chi connectivity index (χ2n) is 2.56. The van der Waals surface area contributed by atoms with Crippen LogP contribution in [-0.4, -0.2) is 29.7 Å². The van der Waals surface area contributed by atoms with E-state index in [1.54, 1.807) is 4.90 Å². The second kappa shape index (κ2) is 4.88. The first-order valence-corrected chi connectivity index (χ1v) is 3.84. The van der Waals surface area contributed by atoms with Crippen molar-refractivity contribution in [2.45, 2.75) is 33.2 Å². The molecule has 0 radical (unpaired) electrons. The average Bonchev–Trinajstić information content (AvgIpc) is 1.88. The number of rotatable bonds is 4. The van der Waals surface area contributed by atoms with Crippen molar-refractivity contribution in [2.75, 3.05) is 6.54 Å². The zero-order chi connectivity index (χ0) is 8.85. The van der Waals surface area contributed by atoms with Gasteiger partial charge in [-0.25, -0.2) is 0 Å². The van der Waals surface area contributed by atoms with Gasteiger partial charge in [0.2, 0.25) is 5.91 Å². The predicted octanol–water partition coefficient (Wildman–Crippen LogP) is 0.832. The summed E-state index contributed by atoms with van der Waals surface area (Å²) in [6.45, 7) is 5.97. The molecule has 64 valence electrons. The number of aldehydes is 1. The molecule has 0 heterocycles. The number of hydrogen-bond donors (Lipinski definition) is 0. The number of carbonyl (C=O) groups excluding carboxylic acids is 2. The highest BCUT2D eigenvalue weighted by molar-refractivity contribution is 5.73. The minimum absolute atomic E-state index is 0.0295. The lowest BCUT2D eigenvalue weighted by molar-refractivity contribution is -0.130. The molecule has 0 bridgehead atoms.